The average molecular weight is 431 g/mol. The molecule has 4 rings (SSSR count). The standard InChI is InChI=1S/C24H26N6S/c1-16-21(17(2)29(28-16)20-9-7-6-8-10-20)15-25-30-22(26-27-23(30)31)18-11-13-19(14-12-18)24(3,4)5/h6-15H,1-5H3,(H,27,31)/b25-15-. The summed E-state index contributed by atoms with van der Waals surface area (Å²) >= 11 is 5.43. The molecule has 7 heteroatoms. The summed E-state index contributed by atoms with van der Waals surface area (Å²) in [4.78, 5) is 0. The quantitative estimate of drug-likeness (QED) is 0.339. The summed E-state index contributed by atoms with van der Waals surface area (Å²) in [6.45, 7) is 10.6. The fraction of sp³-hybridized carbons (Fsp3) is 0.250. The van der Waals surface area contributed by atoms with Gasteiger partial charge in [-0.15, -0.1) is 0 Å². The predicted octanol–water partition coefficient (Wildman–Crippen LogP) is 5.59. The van der Waals surface area contributed by atoms with Crippen molar-refractivity contribution in [2.24, 2.45) is 5.10 Å². The van der Waals surface area contributed by atoms with E-state index in [4.69, 9.17) is 12.2 Å². The fourth-order valence-corrected chi connectivity index (χ4v) is 3.66. The zero-order valence-corrected chi connectivity index (χ0v) is 19.2. The topological polar surface area (TPSA) is 63.8 Å². The molecule has 1 N–H and O–H groups in total. The van der Waals surface area contributed by atoms with Gasteiger partial charge in [-0.1, -0.05) is 63.2 Å². The smallest absolute Gasteiger partial charge is 0.216 e. The van der Waals surface area contributed by atoms with Crippen molar-refractivity contribution >= 4 is 18.4 Å². The molecule has 0 aliphatic heterocycles. The Morgan fingerprint density at radius 1 is 1.00 bits per heavy atom. The number of aromatic amines is 1. The summed E-state index contributed by atoms with van der Waals surface area (Å²) in [5.74, 6) is 0.674. The minimum Gasteiger partial charge on any atom is -0.250 e. The van der Waals surface area contributed by atoms with E-state index in [2.05, 4.69) is 65.4 Å². The minimum atomic E-state index is 0.0926. The largest absolute Gasteiger partial charge is 0.250 e. The zero-order chi connectivity index (χ0) is 22.2. The van der Waals surface area contributed by atoms with Crippen LogP contribution in [0.3, 0.4) is 0 Å². The van der Waals surface area contributed by atoms with Crippen LogP contribution >= 0.6 is 12.2 Å². The van der Waals surface area contributed by atoms with E-state index in [0.29, 0.717) is 10.6 Å². The van der Waals surface area contributed by atoms with Gasteiger partial charge in [0.2, 0.25) is 4.77 Å². The van der Waals surface area contributed by atoms with E-state index >= 15 is 0 Å². The number of rotatable bonds is 4. The lowest BCUT2D eigenvalue weighted by Gasteiger charge is -2.18. The van der Waals surface area contributed by atoms with Gasteiger partial charge < -0.3 is 0 Å². The maximum absolute atomic E-state index is 5.43. The third-order valence-electron chi connectivity index (χ3n) is 5.31. The summed E-state index contributed by atoms with van der Waals surface area (Å²) in [5.41, 5.74) is 6.19. The van der Waals surface area contributed by atoms with Gasteiger partial charge in [0.1, 0.15) is 0 Å². The van der Waals surface area contributed by atoms with Gasteiger partial charge >= 0.3 is 0 Å². The van der Waals surface area contributed by atoms with Crippen molar-refractivity contribution in [3.8, 4) is 17.1 Å². The summed E-state index contributed by atoms with van der Waals surface area (Å²) in [6.07, 6.45) is 1.80. The number of nitrogens with one attached hydrogen (secondary N) is 1. The van der Waals surface area contributed by atoms with Gasteiger partial charge in [0.05, 0.1) is 23.3 Å². The van der Waals surface area contributed by atoms with E-state index in [1.807, 2.05) is 48.9 Å². The number of hydrogen-bond donors (Lipinski definition) is 1. The van der Waals surface area contributed by atoms with Gasteiger partial charge in [-0.3, -0.25) is 0 Å². The van der Waals surface area contributed by atoms with Crippen LogP contribution in [0.15, 0.2) is 59.7 Å². The summed E-state index contributed by atoms with van der Waals surface area (Å²) in [7, 11) is 0. The molecule has 0 aliphatic rings. The van der Waals surface area contributed by atoms with Crippen LogP contribution in [0.2, 0.25) is 0 Å². The second-order valence-electron chi connectivity index (χ2n) is 8.57. The highest BCUT2D eigenvalue weighted by molar-refractivity contribution is 7.71. The van der Waals surface area contributed by atoms with Crippen LogP contribution in [0, 0.1) is 18.6 Å². The first-order chi connectivity index (χ1) is 14.8. The Morgan fingerprint density at radius 2 is 1.68 bits per heavy atom. The van der Waals surface area contributed by atoms with Gasteiger partial charge in [-0.2, -0.15) is 20.0 Å². The van der Waals surface area contributed by atoms with Gasteiger partial charge in [0.15, 0.2) is 5.82 Å². The molecule has 0 bridgehead atoms. The number of para-hydroxylation sites is 1. The number of aryl methyl sites for hydroxylation is 1. The molecule has 0 radical (unpaired) electrons. The highest BCUT2D eigenvalue weighted by atomic mass is 32.1. The maximum atomic E-state index is 5.43. The number of hydrogen-bond acceptors (Lipinski definition) is 4. The lowest BCUT2D eigenvalue weighted by atomic mass is 9.87. The summed E-state index contributed by atoms with van der Waals surface area (Å²) in [5, 5.41) is 16.6. The Labute approximate surface area is 187 Å². The van der Waals surface area contributed by atoms with Gasteiger partial charge in [-0.05, 0) is 49.2 Å². The Balaban J connectivity index is 1.70. The van der Waals surface area contributed by atoms with E-state index in [-0.39, 0.29) is 5.41 Å². The molecule has 0 unspecified atom stereocenters. The summed E-state index contributed by atoms with van der Waals surface area (Å²) < 4.78 is 4.02. The SMILES string of the molecule is Cc1nn(-c2ccccc2)c(C)c1/C=N\n1c(-c2ccc(C(C)(C)C)cc2)n[nH]c1=S. The summed E-state index contributed by atoms with van der Waals surface area (Å²) in [6, 6.07) is 18.4. The van der Waals surface area contributed by atoms with E-state index in [9.17, 15) is 0 Å². The second-order valence-corrected chi connectivity index (χ2v) is 8.95. The van der Waals surface area contributed by atoms with Crippen LogP contribution in [-0.2, 0) is 5.41 Å². The monoisotopic (exact) mass is 430 g/mol. The molecular weight excluding hydrogens is 404 g/mol. The molecule has 0 amide bonds. The van der Waals surface area contributed by atoms with Crippen molar-refractivity contribution in [3.05, 3.63) is 81.9 Å². The van der Waals surface area contributed by atoms with Gasteiger partial charge in [-0.25, -0.2) is 9.78 Å². The van der Waals surface area contributed by atoms with Crippen LogP contribution in [0.1, 0.15) is 43.3 Å². The number of aromatic nitrogens is 5. The Bertz CT molecular complexity index is 1280. The molecule has 6 nitrogen and oxygen atoms in total. The third-order valence-corrected chi connectivity index (χ3v) is 5.57. The first kappa shape index (κ1) is 20.9. The van der Waals surface area contributed by atoms with Crippen LogP contribution in [0.25, 0.3) is 17.1 Å². The molecular formula is C24H26N6S. The molecule has 158 valence electrons. The second kappa shape index (κ2) is 8.07. The normalized spacial score (nSPS) is 12.0. The van der Waals surface area contributed by atoms with E-state index in [0.717, 1.165) is 28.2 Å². The van der Waals surface area contributed by atoms with Crippen LogP contribution in [0.5, 0.6) is 0 Å². The molecule has 2 aromatic heterocycles. The van der Waals surface area contributed by atoms with Crippen molar-refractivity contribution < 1.29 is 0 Å². The third kappa shape index (κ3) is 4.14. The van der Waals surface area contributed by atoms with Crippen LogP contribution in [0.4, 0.5) is 0 Å². The first-order valence-electron chi connectivity index (χ1n) is 10.2. The lowest BCUT2D eigenvalue weighted by molar-refractivity contribution is 0.590. The number of benzene rings is 2. The number of H-pyrrole nitrogens is 1. The predicted molar refractivity (Wildman–Crippen MR) is 128 cm³/mol. The Kier molecular flexibility index (Phi) is 5.45. The van der Waals surface area contributed by atoms with Crippen molar-refractivity contribution in [2.45, 2.75) is 40.0 Å². The highest BCUT2D eigenvalue weighted by Gasteiger charge is 2.15. The number of nitrogens with zero attached hydrogens (tertiary/aromatic N) is 5. The van der Waals surface area contributed by atoms with Crippen LogP contribution in [-0.4, -0.2) is 30.9 Å². The minimum absolute atomic E-state index is 0.0926. The van der Waals surface area contributed by atoms with Crippen molar-refractivity contribution in [1.29, 1.82) is 0 Å². The van der Waals surface area contributed by atoms with E-state index in [1.54, 1.807) is 10.9 Å². The van der Waals surface area contributed by atoms with E-state index < -0.39 is 0 Å². The van der Waals surface area contributed by atoms with Crippen molar-refractivity contribution in [2.75, 3.05) is 0 Å². The molecule has 31 heavy (non-hydrogen) atoms. The Morgan fingerprint density at radius 3 is 2.32 bits per heavy atom. The molecule has 0 fully saturated rings. The maximum Gasteiger partial charge on any atom is 0.216 e. The molecule has 0 spiro atoms. The van der Waals surface area contributed by atoms with Gasteiger partial charge in [0.25, 0.3) is 0 Å². The molecule has 0 saturated carbocycles. The van der Waals surface area contributed by atoms with Crippen LogP contribution < -0.4 is 0 Å². The molecule has 4 aromatic rings. The van der Waals surface area contributed by atoms with Crippen molar-refractivity contribution in [3.63, 3.8) is 0 Å². The lowest BCUT2D eigenvalue weighted by Crippen LogP contribution is -2.10. The molecule has 0 saturated heterocycles. The van der Waals surface area contributed by atoms with E-state index in [1.165, 1.54) is 5.56 Å². The first-order valence-corrected chi connectivity index (χ1v) is 10.6. The Hall–Kier alpha value is -3.32. The fourth-order valence-electron chi connectivity index (χ4n) is 3.48. The highest BCUT2D eigenvalue weighted by Crippen LogP contribution is 2.25. The van der Waals surface area contributed by atoms with Crippen molar-refractivity contribution in [1.82, 2.24) is 24.7 Å². The molecule has 0 atom stereocenters. The van der Waals surface area contributed by atoms with Gasteiger partial charge in [0, 0.05) is 11.1 Å². The molecule has 2 aromatic carbocycles. The zero-order valence-electron chi connectivity index (χ0n) is 18.4. The molecule has 2 heterocycles. The average Bonchev–Trinajstić information content (AvgIpc) is 3.25. The molecule has 0 aliphatic carbocycles.